The SMILES string of the molecule is N#Cc1c(N)nc(SCc2csc(-c3ccc(Cl)cc3)n2)c(C#N)c1-c1ccc(OCCOC(=O)[C@@H](N)Cc2ccccc2)cc1. The van der Waals surface area contributed by atoms with E-state index in [1.54, 1.807) is 24.3 Å². The number of thioether (sulfide) groups is 1. The van der Waals surface area contributed by atoms with Crippen molar-refractivity contribution in [2.75, 3.05) is 18.9 Å². The summed E-state index contributed by atoms with van der Waals surface area (Å²) in [4.78, 5) is 21.3. The molecular weight excluding hydrogens is 640 g/mol. The van der Waals surface area contributed by atoms with Crippen LogP contribution < -0.4 is 16.2 Å². The lowest BCUT2D eigenvalue weighted by Gasteiger charge is -2.14. The second-order valence-corrected chi connectivity index (χ2v) is 12.2. The van der Waals surface area contributed by atoms with Crippen LogP contribution in [0, 0.1) is 22.7 Å². The second-order valence-electron chi connectivity index (χ2n) is 9.93. The highest BCUT2D eigenvalue weighted by Gasteiger charge is 2.21. The lowest BCUT2D eigenvalue weighted by Crippen LogP contribution is -2.35. The molecule has 2 heterocycles. The van der Waals surface area contributed by atoms with Crippen molar-refractivity contribution in [2.45, 2.75) is 23.2 Å². The fourth-order valence-electron chi connectivity index (χ4n) is 4.51. The molecule has 0 radical (unpaired) electrons. The van der Waals surface area contributed by atoms with Crippen molar-refractivity contribution >= 4 is 46.5 Å². The van der Waals surface area contributed by atoms with E-state index in [1.807, 2.05) is 60.0 Å². The quantitative estimate of drug-likeness (QED) is 0.0839. The Labute approximate surface area is 279 Å². The number of halogens is 1. The fraction of sp³-hybridized carbons (Fsp3) is 0.147. The van der Waals surface area contributed by atoms with Crippen LogP contribution in [-0.2, 0) is 21.7 Å². The number of rotatable bonds is 12. The first-order valence-electron chi connectivity index (χ1n) is 14.0. The van der Waals surface area contributed by atoms with Gasteiger partial charge in [-0.3, -0.25) is 4.79 Å². The first-order valence-corrected chi connectivity index (χ1v) is 16.3. The van der Waals surface area contributed by atoms with E-state index in [0.717, 1.165) is 21.8 Å². The number of aromatic nitrogens is 2. The number of hydrogen-bond acceptors (Lipinski definition) is 11. The van der Waals surface area contributed by atoms with E-state index in [-0.39, 0.29) is 30.2 Å². The van der Waals surface area contributed by atoms with Gasteiger partial charge in [-0.25, -0.2) is 9.97 Å². The Bertz CT molecular complexity index is 1900. The van der Waals surface area contributed by atoms with E-state index in [0.29, 0.717) is 39.1 Å². The van der Waals surface area contributed by atoms with Gasteiger partial charge in [-0.05, 0) is 41.8 Å². The Hall–Kier alpha value is -4.91. The maximum atomic E-state index is 12.3. The Morgan fingerprint density at radius 2 is 1.63 bits per heavy atom. The molecule has 0 spiro atoms. The summed E-state index contributed by atoms with van der Waals surface area (Å²) in [5.74, 6) is 0.496. The minimum absolute atomic E-state index is 0.0296. The zero-order valence-electron chi connectivity index (χ0n) is 24.4. The normalized spacial score (nSPS) is 11.3. The number of hydrogen-bond donors (Lipinski definition) is 2. The summed E-state index contributed by atoms with van der Waals surface area (Å²) in [6.45, 7) is 0.150. The number of carbonyl (C=O) groups is 1. The third-order valence-corrected chi connectivity index (χ3v) is 8.96. The van der Waals surface area contributed by atoms with Crippen molar-refractivity contribution in [3.05, 3.63) is 112 Å². The number of anilines is 1. The number of nitrogens with two attached hydrogens (primary N) is 2. The van der Waals surface area contributed by atoms with Gasteiger partial charge >= 0.3 is 5.97 Å². The first kappa shape index (κ1) is 32.5. The summed E-state index contributed by atoms with van der Waals surface area (Å²) in [5.41, 5.74) is 16.3. The standard InChI is InChI=1S/C34H27ClN6O3S2/c35-24-10-6-23(7-11-24)32-40-25(19-45-32)20-46-33-28(18-37)30(27(17-36)31(39)41-33)22-8-12-26(13-9-22)43-14-15-44-34(42)29(38)16-21-4-2-1-3-5-21/h1-13,19,29H,14-16,20,38H2,(H2,39,41)/t29-/m0/s1. The van der Waals surface area contributed by atoms with Crippen LogP contribution in [0.15, 0.2) is 89.3 Å². The molecule has 12 heteroatoms. The number of thiazole rings is 1. The van der Waals surface area contributed by atoms with Crippen LogP contribution in [0.4, 0.5) is 5.82 Å². The number of esters is 1. The summed E-state index contributed by atoms with van der Waals surface area (Å²) >= 11 is 8.84. The molecule has 3 aromatic carbocycles. The Balaban J connectivity index is 1.23. The third kappa shape index (κ3) is 8.02. The molecule has 0 amide bonds. The maximum absolute atomic E-state index is 12.3. The number of ether oxygens (including phenoxy) is 2. The molecule has 5 rings (SSSR count). The maximum Gasteiger partial charge on any atom is 0.323 e. The van der Waals surface area contributed by atoms with Gasteiger partial charge in [0.1, 0.15) is 58.6 Å². The van der Waals surface area contributed by atoms with Crippen LogP contribution in [0.2, 0.25) is 5.02 Å². The van der Waals surface area contributed by atoms with Crippen molar-refractivity contribution in [3.63, 3.8) is 0 Å². The van der Waals surface area contributed by atoms with E-state index in [2.05, 4.69) is 17.1 Å². The molecule has 0 saturated carbocycles. The van der Waals surface area contributed by atoms with E-state index in [1.165, 1.54) is 23.1 Å². The fourth-order valence-corrected chi connectivity index (χ4v) is 6.45. The molecule has 0 unspecified atom stereocenters. The minimum Gasteiger partial charge on any atom is -0.490 e. The monoisotopic (exact) mass is 666 g/mol. The molecule has 4 N–H and O–H groups in total. The zero-order valence-corrected chi connectivity index (χ0v) is 26.7. The predicted octanol–water partition coefficient (Wildman–Crippen LogP) is 6.64. The number of carbonyl (C=O) groups excluding carboxylic acids is 1. The van der Waals surface area contributed by atoms with Crippen molar-refractivity contribution in [2.24, 2.45) is 5.73 Å². The summed E-state index contributed by atoms with van der Waals surface area (Å²) in [6, 6.07) is 27.4. The van der Waals surface area contributed by atoms with Gasteiger partial charge in [-0.1, -0.05) is 78.0 Å². The summed E-state index contributed by atoms with van der Waals surface area (Å²) in [7, 11) is 0. The van der Waals surface area contributed by atoms with Crippen molar-refractivity contribution in [1.29, 1.82) is 10.5 Å². The van der Waals surface area contributed by atoms with Crippen LogP contribution in [0.1, 0.15) is 22.4 Å². The van der Waals surface area contributed by atoms with Crippen LogP contribution in [-0.4, -0.2) is 35.2 Å². The van der Waals surface area contributed by atoms with E-state index >= 15 is 0 Å². The smallest absolute Gasteiger partial charge is 0.323 e. The van der Waals surface area contributed by atoms with Gasteiger partial charge < -0.3 is 20.9 Å². The van der Waals surface area contributed by atoms with Gasteiger partial charge in [-0.2, -0.15) is 10.5 Å². The number of nitriles is 2. The number of benzene rings is 3. The predicted molar refractivity (Wildman–Crippen MR) is 180 cm³/mol. The van der Waals surface area contributed by atoms with Crippen LogP contribution in [0.25, 0.3) is 21.7 Å². The highest BCUT2D eigenvalue weighted by atomic mass is 35.5. The lowest BCUT2D eigenvalue weighted by molar-refractivity contribution is -0.145. The summed E-state index contributed by atoms with van der Waals surface area (Å²) < 4.78 is 11.0. The summed E-state index contributed by atoms with van der Waals surface area (Å²) in [6.07, 6.45) is 0.382. The van der Waals surface area contributed by atoms with Crippen molar-refractivity contribution in [3.8, 4) is 39.6 Å². The van der Waals surface area contributed by atoms with E-state index in [4.69, 9.17) is 37.5 Å². The average molecular weight is 667 g/mol. The van der Waals surface area contributed by atoms with E-state index < -0.39 is 12.0 Å². The molecule has 46 heavy (non-hydrogen) atoms. The van der Waals surface area contributed by atoms with Gasteiger partial charge in [0.05, 0.1) is 11.3 Å². The highest BCUT2D eigenvalue weighted by molar-refractivity contribution is 7.98. The molecule has 0 aliphatic heterocycles. The van der Waals surface area contributed by atoms with Gasteiger partial charge in [0, 0.05) is 27.3 Å². The van der Waals surface area contributed by atoms with Gasteiger partial charge in [-0.15, -0.1) is 11.3 Å². The number of nitrogens with zero attached hydrogens (tertiary/aromatic N) is 4. The van der Waals surface area contributed by atoms with Crippen LogP contribution in [0.3, 0.4) is 0 Å². The zero-order chi connectivity index (χ0) is 32.5. The van der Waals surface area contributed by atoms with E-state index in [9.17, 15) is 15.3 Å². The molecule has 5 aromatic rings. The molecule has 0 aliphatic rings. The molecular formula is C34H27ClN6O3S2. The Morgan fingerprint density at radius 1 is 0.935 bits per heavy atom. The third-order valence-electron chi connectivity index (χ3n) is 6.76. The lowest BCUT2D eigenvalue weighted by atomic mass is 9.97. The van der Waals surface area contributed by atoms with Gasteiger partial charge in [0.2, 0.25) is 0 Å². The number of nitrogen functional groups attached to an aromatic ring is 1. The van der Waals surface area contributed by atoms with Gasteiger partial charge in [0.25, 0.3) is 0 Å². The van der Waals surface area contributed by atoms with Crippen molar-refractivity contribution < 1.29 is 14.3 Å². The molecule has 0 fully saturated rings. The molecule has 2 aromatic heterocycles. The molecule has 0 bridgehead atoms. The Morgan fingerprint density at radius 3 is 2.33 bits per heavy atom. The Kier molecular flexibility index (Phi) is 10.9. The average Bonchev–Trinajstić information content (AvgIpc) is 3.55. The molecule has 1 atom stereocenters. The number of pyridine rings is 1. The summed E-state index contributed by atoms with van der Waals surface area (Å²) in [5, 5.41) is 23.9. The second kappa shape index (κ2) is 15.4. The van der Waals surface area contributed by atoms with Gasteiger partial charge in [0.15, 0.2) is 0 Å². The molecule has 0 saturated heterocycles. The topological polar surface area (TPSA) is 161 Å². The van der Waals surface area contributed by atoms with Crippen LogP contribution in [0.5, 0.6) is 5.75 Å². The van der Waals surface area contributed by atoms with Crippen molar-refractivity contribution in [1.82, 2.24) is 9.97 Å². The van der Waals surface area contributed by atoms with Crippen LogP contribution >= 0.6 is 34.7 Å². The molecule has 230 valence electrons. The minimum atomic E-state index is -0.769. The highest BCUT2D eigenvalue weighted by Crippen LogP contribution is 2.37. The first-order chi connectivity index (χ1) is 22.4. The molecule has 0 aliphatic carbocycles. The molecule has 9 nitrogen and oxygen atoms in total. The largest absolute Gasteiger partial charge is 0.490 e.